The van der Waals surface area contributed by atoms with Crippen LogP contribution in [0.25, 0.3) is 0 Å². The first-order valence-corrected chi connectivity index (χ1v) is 6.17. The lowest BCUT2D eigenvalue weighted by molar-refractivity contribution is 0.400. The van der Waals surface area contributed by atoms with Crippen LogP contribution in [0.2, 0.25) is 5.02 Å². The van der Waals surface area contributed by atoms with Gasteiger partial charge in [0.25, 0.3) is 0 Å². The van der Waals surface area contributed by atoms with Crippen molar-refractivity contribution in [2.24, 2.45) is 0 Å². The van der Waals surface area contributed by atoms with Gasteiger partial charge in [0.15, 0.2) is 0 Å². The van der Waals surface area contributed by atoms with Crippen molar-refractivity contribution < 1.29 is 4.74 Å². The highest BCUT2D eigenvalue weighted by Crippen LogP contribution is 2.33. The number of methoxy groups -OCH3 is 1. The summed E-state index contributed by atoms with van der Waals surface area (Å²) in [7, 11) is 1.67. The van der Waals surface area contributed by atoms with Crippen LogP contribution in [-0.2, 0) is 0 Å². The lowest BCUT2D eigenvalue weighted by Crippen LogP contribution is -2.26. The van der Waals surface area contributed by atoms with Gasteiger partial charge in [0.05, 0.1) is 12.1 Å². The summed E-state index contributed by atoms with van der Waals surface area (Å²) >= 11 is 6.16. The van der Waals surface area contributed by atoms with E-state index in [1.165, 1.54) is 24.8 Å². The lowest BCUT2D eigenvalue weighted by Gasteiger charge is -2.24. The number of ether oxygens (including phenoxy) is 1. The number of rotatable bonds is 2. The molecule has 1 N–H and O–H groups in total. The molecule has 1 atom stereocenters. The minimum atomic E-state index is 0.457. The van der Waals surface area contributed by atoms with Gasteiger partial charge in [0.1, 0.15) is 5.75 Å². The van der Waals surface area contributed by atoms with Crippen molar-refractivity contribution in [3.05, 3.63) is 28.3 Å². The SMILES string of the molecule is COc1cc(C2CCCCN2)cc(C)c1Cl. The fourth-order valence-electron chi connectivity index (χ4n) is 2.25. The Morgan fingerprint density at radius 2 is 2.19 bits per heavy atom. The normalized spacial score (nSPS) is 20.8. The van der Waals surface area contributed by atoms with E-state index in [0.717, 1.165) is 22.9 Å². The van der Waals surface area contributed by atoms with E-state index in [4.69, 9.17) is 16.3 Å². The second-order valence-corrected chi connectivity index (χ2v) is 4.73. The minimum Gasteiger partial charge on any atom is -0.495 e. The molecule has 0 aliphatic carbocycles. The summed E-state index contributed by atoms with van der Waals surface area (Å²) in [5.41, 5.74) is 2.38. The van der Waals surface area contributed by atoms with Crippen LogP contribution >= 0.6 is 11.6 Å². The van der Waals surface area contributed by atoms with Gasteiger partial charge in [-0.3, -0.25) is 0 Å². The molecule has 1 aromatic rings. The quantitative estimate of drug-likeness (QED) is 0.853. The number of hydrogen-bond donors (Lipinski definition) is 1. The summed E-state index contributed by atoms with van der Waals surface area (Å²) in [5.74, 6) is 0.782. The average Bonchev–Trinajstić information content (AvgIpc) is 2.33. The van der Waals surface area contributed by atoms with E-state index in [0.29, 0.717) is 6.04 Å². The van der Waals surface area contributed by atoms with Gasteiger partial charge in [-0.05, 0) is 43.5 Å². The minimum absolute atomic E-state index is 0.457. The van der Waals surface area contributed by atoms with Crippen LogP contribution < -0.4 is 10.1 Å². The van der Waals surface area contributed by atoms with Crippen LogP contribution in [0, 0.1) is 6.92 Å². The molecule has 88 valence electrons. The van der Waals surface area contributed by atoms with Gasteiger partial charge in [0.2, 0.25) is 0 Å². The molecule has 1 unspecified atom stereocenters. The summed E-state index contributed by atoms with van der Waals surface area (Å²) in [6.45, 7) is 3.13. The fraction of sp³-hybridized carbons (Fsp3) is 0.538. The van der Waals surface area contributed by atoms with Gasteiger partial charge < -0.3 is 10.1 Å². The van der Waals surface area contributed by atoms with E-state index in [1.54, 1.807) is 7.11 Å². The molecule has 2 nitrogen and oxygen atoms in total. The molecule has 0 bridgehead atoms. The Hall–Kier alpha value is -0.730. The highest BCUT2D eigenvalue weighted by molar-refractivity contribution is 6.32. The highest BCUT2D eigenvalue weighted by Gasteiger charge is 2.17. The zero-order valence-electron chi connectivity index (χ0n) is 9.85. The Balaban J connectivity index is 2.29. The molecule has 0 amide bonds. The third-order valence-electron chi connectivity index (χ3n) is 3.18. The molecule has 2 rings (SSSR count). The maximum absolute atomic E-state index is 6.16. The Bertz CT molecular complexity index is 372. The Kier molecular flexibility index (Phi) is 3.72. The van der Waals surface area contributed by atoms with Gasteiger partial charge in [-0.15, -0.1) is 0 Å². The fourth-order valence-corrected chi connectivity index (χ4v) is 2.44. The third kappa shape index (κ3) is 2.33. The van der Waals surface area contributed by atoms with Crippen LogP contribution in [0.3, 0.4) is 0 Å². The first-order chi connectivity index (χ1) is 7.72. The van der Waals surface area contributed by atoms with Crippen molar-refractivity contribution in [3.8, 4) is 5.75 Å². The van der Waals surface area contributed by atoms with Crippen LogP contribution in [-0.4, -0.2) is 13.7 Å². The van der Waals surface area contributed by atoms with E-state index in [9.17, 15) is 0 Å². The average molecular weight is 240 g/mol. The standard InChI is InChI=1S/C13H18ClNO/c1-9-7-10(8-12(16-2)13(9)14)11-5-3-4-6-15-11/h7-8,11,15H,3-6H2,1-2H3. The lowest BCUT2D eigenvalue weighted by atomic mass is 9.96. The number of nitrogens with one attached hydrogen (secondary N) is 1. The zero-order chi connectivity index (χ0) is 11.5. The molecule has 1 saturated heterocycles. The summed E-state index contributed by atoms with van der Waals surface area (Å²) in [6.07, 6.45) is 3.77. The predicted molar refractivity (Wildman–Crippen MR) is 67.3 cm³/mol. The van der Waals surface area contributed by atoms with Crippen molar-refractivity contribution in [1.82, 2.24) is 5.32 Å². The van der Waals surface area contributed by atoms with Crippen molar-refractivity contribution in [3.63, 3.8) is 0 Å². The monoisotopic (exact) mass is 239 g/mol. The first-order valence-electron chi connectivity index (χ1n) is 5.80. The van der Waals surface area contributed by atoms with Crippen LogP contribution in [0.15, 0.2) is 12.1 Å². The predicted octanol–water partition coefficient (Wildman–Crippen LogP) is 3.47. The molecule has 3 heteroatoms. The van der Waals surface area contributed by atoms with Gasteiger partial charge in [-0.25, -0.2) is 0 Å². The van der Waals surface area contributed by atoms with Crippen molar-refractivity contribution >= 4 is 11.6 Å². The molecule has 1 fully saturated rings. The molecule has 1 aliphatic heterocycles. The topological polar surface area (TPSA) is 21.3 Å². The van der Waals surface area contributed by atoms with Gasteiger partial charge >= 0.3 is 0 Å². The Morgan fingerprint density at radius 3 is 2.81 bits per heavy atom. The second-order valence-electron chi connectivity index (χ2n) is 4.36. The molecule has 0 saturated carbocycles. The third-order valence-corrected chi connectivity index (χ3v) is 3.66. The van der Waals surface area contributed by atoms with E-state index >= 15 is 0 Å². The second kappa shape index (κ2) is 5.07. The zero-order valence-corrected chi connectivity index (χ0v) is 10.6. The summed E-state index contributed by atoms with van der Waals surface area (Å²) in [5, 5.41) is 4.26. The van der Waals surface area contributed by atoms with E-state index in [2.05, 4.69) is 17.4 Å². The van der Waals surface area contributed by atoms with Gasteiger partial charge in [-0.2, -0.15) is 0 Å². The highest BCUT2D eigenvalue weighted by atomic mass is 35.5. The summed E-state index contributed by atoms with van der Waals surface area (Å²) in [4.78, 5) is 0. The molecular formula is C13H18ClNO. The first kappa shape index (κ1) is 11.7. The molecule has 0 aromatic heterocycles. The summed E-state index contributed by atoms with van der Waals surface area (Å²) < 4.78 is 5.30. The van der Waals surface area contributed by atoms with Crippen molar-refractivity contribution in [1.29, 1.82) is 0 Å². The van der Waals surface area contributed by atoms with Crippen molar-refractivity contribution in [2.45, 2.75) is 32.2 Å². The molecule has 0 radical (unpaired) electrons. The number of aryl methyl sites for hydroxylation is 1. The number of halogens is 1. The van der Waals surface area contributed by atoms with Gasteiger partial charge in [-0.1, -0.05) is 24.1 Å². The molecular weight excluding hydrogens is 222 g/mol. The maximum atomic E-state index is 6.16. The van der Waals surface area contributed by atoms with Crippen LogP contribution in [0.1, 0.15) is 36.4 Å². The van der Waals surface area contributed by atoms with E-state index in [1.807, 2.05) is 6.92 Å². The van der Waals surface area contributed by atoms with E-state index in [-0.39, 0.29) is 0 Å². The van der Waals surface area contributed by atoms with Crippen LogP contribution in [0.4, 0.5) is 0 Å². The smallest absolute Gasteiger partial charge is 0.138 e. The Labute approximate surface area is 102 Å². The van der Waals surface area contributed by atoms with E-state index < -0.39 is 0 Å². The van der Waals surface area contributed by atoms with Gasteiger partial charge in [0, 0.05) is 6.04 Å². The summed E-state index contributed by atoms with van der Waals surface area (Å²) in [6, 6.07) is 4.67. The number of benzene rings is 1. The van der Waals surface area contributed by atoms with Crippen molar-refractivity contribution in [2.75, 3.05) is 13.7 Å². The molecule has 1 heterocycles. The Morgan fingerprint density at radius 1 is 1.38 bits per heavy atom. The number of hydrogen-bond acceptors (Lipinski definition) is 2. The molecule has 16 heavy (non-hydrogen) atoms. The van der Waals surface area contributed by atoms with Crippen LogP contribution in [0.5, 0.6) is 5.75 Å². The molecule has 1 aromatic carbocycles. The maximum Gasteiger partial charge on any atom is 0.138 e. The molecule has 0 spiro atoms. The number of piperidine rings is 1. The molecule has 1 aliphatic rings. The largest absolute Gasteiger partial charge is 0.495 e.